The number of hydrogen-bond acceptors (Lipinski definition) is 2. The average molecular weight is 191 g/mol. The lowest BCUT2D eigenvalue weighted by Crippen LogP contribution is -2.26. The first-order valence-corrected chi connectivity index (χ1v) is 5.32. The first-order valence-electron chi connectivity index (χ1n) is 5.32. The Hall–Kier alpha value is -1.02. The van der Waals surface area contributed by atoms with E-state index in [-0.39, 0.29) is 0 Å². The summed E-state index contributed by atoms with van der Waals surface area (Å²) in [4.78, 5) is 0. The lowest BCUT2D eigenvalue weighted by atomic mass is 10.0. The molecule has 1 aromatic rings. The van der Waals surface area contributed by atoms with Gasteiger partial charge in [0, 0.05) is 24.3 Å². The van der Waals surface area contributed by atoms with Gasteiger partial charge in [-0.2, -0.15) is 0 Å². The summed E-state index contributed by atoms with van der Waals surface area (Å²) in [6, 6.07) is 10.7. The fourth-order valence-corrected chi connectivity index (χ4v) is 2.19. The van der Waals surface area contributed by atoms with Crippen molar-refractivity contribution in [1.82, 2.24) is 0 Å². The van der Waals surface area contributed by atoms with Crippen molar-refractivity contribution in [3.63, 3.8) is 0 Å². The third-order valence-electron chi connectivity index (χ3n) is 3.02. The highest BCUT2D eigenvalue weighted by Crippen LogP contribution is 2.27. The van der Waals surface area contributed by atoms with Crippen LogP contribution in [0, 0.1) is 5.92 Å². The smallest absolute Gasteiger partial charge is 0.0478 e. The van der Waals surface area contributed by atoms with Crippen LogP contribution in [-0.4, -0.2) is 17.8 Å². The van der Waals surface area contributed by atoms with Crippen molar-refractivity contribution in [2.24, 2.45) is 5.92 Å². The molecule has 2 heteroatoms. The van der Waals surface area contributed by atoms with E-state index in [1.165, 1.54) is 12.8 Å². The topological polar surface area (TPSA) is 32.3 Å². The van der Waals surface area contributed by atoms with Crippen LogP contribution < -0.4 is 5.32 Å². The van der Waals surface area contributed by atoms with Gasteiger partial charge in [0.05, 0.1) is 0 Å². The first-order chi connectivity index (χ1) is 6.90. The minimum Gasteiger partial charge on any atom is -0.396 e. The van der Waals surface area contributed by atoms with E-state index in [2.05, 4.69) is 17.4 Å². The van der Waals surface area contributed by atoms with Gasteiger partial charge in [0.15, 0.2) is 0 Å². The number of anilines is 1. The zero-order chi connectivity index (χ0) is 9.80. The fourth-order valence-electron chi connectivity index (χ4n) is 2.19. The molecule has 2 atom stereocenters. The van der Waals surface area contributed by atoms with E-state index in [0.29, 0.717) is 18.6 Å². The summed E-state index contributed by atoms with van der Waals surface area (Å²) in [6.45, 7) is 0.310. The van der Waals surface area contributed by atoms with Crippen molar-refractivity contribution in [2.45, 2.75) is 25.3 Å². The van der Waals surface area contributed by atoms with Gasteiger partial charge in [0.1, 0.15) is 0 Å². The Morgan fingerprint density at radius 3 is 2.71 bits per heavy atom. The summed E-state index contributed by atoms with van der Waals surface area (Å²) in [5, 5.41) is 12.7. The second kappa shape index (κ2) is 4.47. The van der Waals surface area contributed by atoms with Crippen LogP contribution in [0.15, 0.2) is 30.3 Å². The summed E-state index contributed by atoms with van der Waals surface area (Å²) in [6.07, 6.45) is 3.57. The first kappa shape index (κ1) is 9.53. The van der Waals surface area contributed by atoms with E-state index in [1.54, 1.807) is 0 Å². The molecule has 14 heavy (non-hydrogen) atoms. The largest absolute Gasteiger partial charge is 0.396 e. The van der Waals surface area contributed by atoms with Crippen LogP contribution in [0.2, 0.25) is 0 Å². The lowest BCUT2D eigenvalue weighted by molar-refractivity contribution is 0.222. The number of aliphatic hydroxyl groups is 1. The van der Waals surface area contributed by atoms with Crippen LogP contribution in [0.1, 0.15) is 19.3 Å². The maximum atomic E-state index is 9.17. The van der Waals surface area contributed by atoms with Gasteiger partial charge in [-0.3, -0.25) is 0 Å². The molecule has 1 saturated carbocycles. The van der Waals surface area contributed by atoms with Crippen LogP contribution in [0.3, 0.4) is 0 Å². The summed E-state index contributed by atoms with van der Waals surface area (Å²) in [5.74, 6) is 0.440. The molecule has 0 saturated heterocycles. The Labute approximate surface area is 85.0 Å². The van der Waals surface area contributed by atoms with Crippen molar-refractivity contribution >= 4 is 5.69 Å². The maximum Gasteiger partial charge on any atom is 0.0478 e. The number of nitrogens with one attached hydrogen (secondary N) is 1. The molecular weight excluding hydrogens is 174 g/mol. The van der Waals surface area contributed by atoms with E-state index in [9.17, 15) is 5.11 Å². The van der Waals surface area contributed by atoms with E-state index >= 15 is 0 Å². The molecule has 2 nitrogen and oxygen atoms in total. The highest BCUT2D eigenvalue weighted by Gasteiger charge is 2.25. The van der Waals surface area contributed by atoms with Crippen molar-refractivity contribution in [1.29, 1.82) is 0 Å². The summed E-state index contributed by atoms with van der Waals surface area (Å²) in [7, 11) is 0. The highest BCUT2D eigenvalue weighted by atomic mass is 16.3. The van der Waals surface area contributed by atoms with Gasteiger partial charge in [-0.05, 0) is 25.0 Å². The van der Waals surface area contributed by atoms with Crippen molar-refractivity contribution in [3.05, 3.63) is 30.3 Å². The van der Waals surface area contributed by atoms with Gasteiger partial charge in [-0.25, -0.2) is 0 Å². The zero-order valence-corrected chi connectivity index (χ0v) is 8.32. The quantitative estimate of drug-likeness (QED) is 0.768. The Bertz CT molecular complexity index is 273. The molecule has 76 valence electrons. The number of benzene rings is 1. The maximum absolute atomic E-state index is 9.17. The molecule has 0 aromatic heterocycles. The minimum absolute atomic E-state index is 0.310. The Morgan fingerprint density at radius 2 is 2.00 bits per heavy atom. The van der Waals surface area contributed by atoms with Gasteiger partial charge in [-0.15, -0.1) is 0 Å². The third kappa shape index (κ3) is 2.07. The van der Waals surface area contributed by atoms with E-state index in [4.69, 9.17) is 0 Å². The normalized spacial score (nSPS) is 26.4. The van der Waals surface area contributed by atoms with Crippen LogP contribution >= 0.6 is 0 Å². The molecule has 0 aliphatic heterocycles. The molecular formula is C12H17NO. The van der Waals surface area contributed by atoms with Gasteiger partial charge >= 0.3 is 0 Å². The Kier molecular flexibility index (Phi) is 3.04. The minimum atomic E-state index is 0.310. The van der Waals surface area contributed by atoms with Gasteiger partial charge in [0.2, 0.25) is 0 Å². The fraction of sp³-hybridized carbons (Fsp3) is 0.500. The average Bonchev–Trinajstić information content (AvgIpc) is 2.67. The summed E-state index contributed by atoms with van der Waals surface area (Å²) < 4.78 is 0. The van der Waals surface area contributed by atoms with Gasteiger partial charge in [-0.1, -0.05) is 24.6 Å². The zero-order valence-electron chi connectivity index (χ0n) is 8.32. The molecule has 0 spiro atoms. The molecule has 1 aliphatic rings. The number of rotatable bonds is 3. The summed E-state index contributed by atoms with van der Waals surface area (Å²) >= 11 is 0. The molecule has 2 unspecified atom stereocenters. The highest BCUT2D eigenvalue weighted by molar-refractivity contribution is 5.43. The molecule has 0 radical (unpaired) electrons. The molecule has 2 N–H and O–H groups in total. The molecule has 0 bridgehead atoms. The van der Waals surface area contributed by atoms with E-state index in [1.807, 2.05) is 18.2 Å². The standard InChI is InChI=1S/C12H17NO/c14-9-10-5-4-8-12(10)13-11-6-2-1-3-7-11/h1-3,6-7,10,12-14H,4-5,8-9H2. The van der Waals surface area contributed by atoms with Crippen molar-refractivity contribution in [3.8, 4) is 0 Å². The molecule has 1 aromatic carbocycles. The second-order valence-electron chi connectivity index (χ2n) is 3.99. The van der Waals surface area contributed by atoms with Crippen LogP contribution in [0.4, 0.5) is 5.69 Å². The Morgan fingerprint density at radius 1 is 1.21 bits per heavy atom. The molecule has 0 amide bonds. The third-order valence-corrected chi connectivity index (χ3v) is 3.02. The molecule has 0 heterocycles. The molecule has 1 aliphatic carbocycles. The summed E-state index contributed by atoms with van der Waals surface area (Å²) in [5.41, 5.74) is 1.16. The molecule has 2 rings (SSSR count). The van der Waals surface area contributed by atoms with Gasteiger partial charge < -0.3 is 10.4 Å². The number of aliphatic hydroxyl groups excluding tert-OH is 1. The van der Waals surface area contributed by atoms with E-state index < -0.39 is 0 Å². The number of hydrogen-bond donors (Lipinski definition) is 2. The number of para-hydroxylation sites is 1. The van der Waals surface area contributed by atoms with Crippen molar-refractivity contribution in [2.75, 3.05) is 11.9 Å². The van der Waals surface area contributed by atoms with Gasteiger partial charge in [0.25, 0.3) is 0 Å². The molecule has 1 fully saturated rings. The van der Waals surface area contributed by atoms with Crippen LogP contribution in [0.5, 0.6) is 0 Å². The van der Waals surface area contributed by atoms with E-state index in [0.717, 1.165) is 12.1 Å². The SMILES string of the molecule is OCC1CCCC1Nc1ccccc1. The monoisotopic (exact) mass is 191 g/mol. The van der Waals surface area contributed by atoms with Crippen molar-refractivity contribution < 1.29 is 5.11 Å². The predicted octanol–water partition coefficient (Wildman–Crippen LogP) is 2.26. The van der Waals surface area contributed by atoms with Crippen LogP contribution in [0.25, 0.3) is 0 Å². The lowest BCUT2D eigenvalue weighted by Gasteiger charge is -2.20. The Balaban J connectivity index is 1.97. The second-order valence-corrected chi connectivity index (χ2v) is 3.99. The van der Waals surface area contributed by atoms with Crippen LogP contribution in [-0.2, 0) is 0 Å². The predicted molar refractivity (Wildman–Crippen MR) is 58.3 cm³/mol.